The maximum Gasteiger partial charge on any atom is 0.397 e. The fraction of sp³-hybridized carbons (Fsp3) is 0.429. The van der Waals surface area contributed by atoms with Gasteiger partial charge in [0.05, 0.1) is 6.61 Å². The highest BCUT2D eigenvalue weighted by atomic mass is 35.5. The molecule has 2 rings (SSSR count). The molecule has 0 radical (unpaired) electrons. The molecule has 2 unspecified atom stereocenters. The summed E-state index contributed by atoms with van der Waals surface area (Å²) >= 11 is 5.84. The number of hydrogen-bond acceptors (Lipinski definition) is 7. The number of rotatable bonds is 8. The van der Waals surface area contributed by atoms with E-state index in [1.54, 1.807) is 38.1 Å². The third kappa shape index (κ3) is 5.38. The van der Waals surface area contributed by atoms with Gasteiger partial charge in [0.2, 0.25) is 6.23 Å². The number of nitrogens with zero attached hydrogens (tertiary/aromatic N) is 3. The van der Waals surface area contributed by atoms with Crippen LogP contribution in [-0.4, -0.2) is 45.6 Å². The van der Waals surface area contributed by atoms with E-state index in [4.69, 9.17) is 25.1 Å². The van der Waals surface area contributed by atoms with Gasteiger partial charge in [-0.1, -0.05) is 25.4 Å². The number of aromatic nitrogens is 3. The molecule has 0 saturated carbocycles. The Morgan fingerprint density at radius 2 is 1.96 bits per heavy atom. The van der Waals surface area contributed by atoms with Gasteiger partial charge in [-0.05, 0) is 24.3 Å². The first-order chi connectivity index (χ1) is 11.6. The monoisotopic (exact) mass is 391 g/mol. The third-order valence-corrected chi connectivity index (χ3v) is 4.13. The van der Waals surface area contributed by atoms with Crippen LogP contribution >= 0.6 is 11.6 Å². The van der Waals surface area contributed by atoms with Crippen molar-refractivity contribution in [2.24, 2.45) is 5.41 Å². The van der Waals surface area contributed by atoms with Crippen molar-refractivity contribution in [3.05, 3.63) is 41.9 Å². The molecule has 0 saturated heterocycles. The Bertz CT molecular complexity index is 779. The molecule has 0 aliphatic rings. The average Bonchev–Trinajstić information content (AvgIpc) is 3.05. The summed E-state index contributed by atoms with van der Waals surface area (Å²) in [4.78, 5) is 3.81. The molecule has 0 aliphatic carbocycles. The normalized spacial score (nSPS) is 14.9. The number of benzene rings is 1. The van der Waals surface area contributed by atoms with Crippen LogP contribution in [0.25, 0.3) is 0 Å². The van der Waals surface area contributed by atoms with Crippen LogP contribution in [0.1, 0.15) is 20.1 Å². The van der Waals surface area contributed by atoms with Crippen molar-refractivity contribution in [1.29, 1.82) is 0 Å². The maximum atomic E-state index is 11.3. The minimum absolute atomic E-state index is 0.350. The summed E-state index contributed by atoms with van der Waals surface area (Å²) in [6, 6.07) is 6.32. The lowest BCUT2D eigenvalue weighted by molar-refractivity contribution is -0.0812. The van der Waals surface area contributed by atoms with Gasteiger partial charge in [-0.15, -0.1) is 0 Å². The van der Waals surface area contributed by atoms with E-state index in [1.807, 2.05) is 0 Å². The van der Waals surface area contributed by atoms with Crippen molar-refractivity contribution in [3.63, 3.8) is 0 Å². The lowest BCUT2D eigenvalue weighted by Crippen LogP contribution is -2.45. The van der Waals surface area contributed by atoms with E-state index >= 15 is 0 Å². The molecule has 0 fully saturated rings. The SMILES string of the molecule is CC(C)(CO)C(OS(=O)(=O)O)C(Oc1ccc(Cl)cc1)n1cncn1. The Hall–Kier alpha value is -1.72. The quantitative estimate of drug-likeness (QED) is 0.652. The number of hydrogen-bond donors (Lipinski definition) is 2. The molecule has 25 heavy (non-hydrogen) atoms. The van der Waals surface area contributed by atoms with Crippen LogP contribution in [0.4, 0.5) is 0 Å². The molecule has 2 aromatic rings. The van der Waals surface area contributed by atoms with E-state index in [-0.39, 0.29) is 0 Å². The van der Waals surface area contributed by atoms with Gasteiger partial charge in [-0.25, -0.2) is 13.8 Å². The molecular weight excluding hydrogens is 374 g/mol. The summed E-state index contributed by atoms with van der Waals surface area (Å²) in [6.07, 6.45) is 0.0703. The zero-order chi connectivity index (χ0) is 18.7. The molecule has 9 nitrogen and oxygen atoms in total. The highest BCUT2D eigenvalue weighted by Crippen LogP contribution is 2.34. The maximum absolute atomic E-state index is 11.3. The van der Waals surface area contributed by atoms with E-state index in [2.05, 4.69) is 10.1 Å². The van der Waals surface area contributed by atoms with Crippen LogP contribution in [-0.2, 0) is 14.6 Å². The smallest absolute Gasteiger partial charge is 0.397 e. The minimum atomic E-state index is -4.83. The Labute approximate surface area is 150 Å². The summed E-state index contributed by atoms with van der Waals surface area (Å²) < 4.78 is 43.6. The number of ether oxygens (including phenoxy) is 1. The van der Waals surface area contributed by atoms with Gasteiger partial charge in [-0.2, -0.15) is 13.5 Å². The second-order valence-corrected chi connectivity index (χ2v) is 7.41. The van der Waals surface area contributed by atoms with Gasteiger partial charge < -0.3 is 9.84 Å². The van der Waals surface area contributed by atoms with Crippen molar-refractivity contribution in [1.82, 2.24) is 14.8 Å². The van der Waals surface area contributed by atoms with E-state index in [0.717, 1.165) is 0 Å². The molecule has 0 spiro atoms. The van der Waals surface area contributed by atoms with Crippen LogP contribution in [0.3, 0.4) is 0 Å². The van der Waals surface area contributed by atoms with Gasteiger partial charge in [-0.3, -0.25) is 4.55 Å². The first-order valence-electron chi connectivity index (χ1n) is 7.15. The Kier molecular flexibility index (Phi) is 6.01. The molecule has 0 bridgehead atoms. The lowest BCUT2D eigenvalue weighted by Gasteiger charge is -2.36. The minimum Gasteiger partial charge on any atom is -0.466 e. The first kappa shape index (κ1) is 19.6. The molecule has 0 amide bonds. The molecular formula is C14H18ClN3O6S. The summed E-state index contributed by atoms with van der Waals surface area (Å²) in [6.45, 7) is 2.67. The summed E-state index contributed by atoms with van der Waals surface area (Å²) in [5.41, 5.74) is -1.11. The molecule has 11 heteroatoms. The predicted octanol–water partition coefficient (Wildman–Crippen LogP) is 1.72. The second-order valence-electron chi connectivity index (χ2n) is 5.93. The van der Waals surface area contributed by atoms with Crippen LogP contribution in [0, 0.1) is 5.41 Å². The Balaban J connectivity index is 2.44. The van der Waals surface area contributed by atoms with E-state index in [1.165, 1.54) is 17.3 Å². The van der Waals surface area contributed by atoms with Crippen molar-refractivity contribution < 1.29 is 27.0 Å². The van der Waals surface area contributed by atoms with Crippen LogP contribution in [0.15, 0.2) is 36.9 Å². The standard InChI is InChI=1S/C14H18ClN3O6S/c1-14(2,7-19)12(24-25(20,21)22)13(18-9-16-8-17-18)23-11-5-3-10(15)4-6-11/h3-6,8-9,12-13,19H,7H2,1-2H3,(H,20,21,22). The van der Waals surface area contributed by atoms with Crippen molar-refractivity contribution >= 4 is 22.0 Å². The number of halogens is 1. The zero-order valence-electron chi connectivity index (χ0n) is 13.5. The van der Waals surface area contributed by atoms with Crippen molar-refractivity contribution in [3.8, 4) is 5.75 Å². The third-order valence-electron chi connectivity index (χ3n) is 3.43. The first-order valence-corrected chi connectivity index (χ1v) is 8.89. The van der Waals surface area contributed by atoms with Gasteiger partial charge in [0, 0.05) is 10.4 Å². The van der Waals surface area contributed by atoms with Gasteiger partial charge >= 0.3 is 10.4 Å². The number of aliphatic hydroxyl groups is 1. The molecule has 1 aromatic carbocycles. The molecule has 0 aliphatic heterocycles. The molecule has 1 aromatic heterocycles. The average molecular weight is 392 g/mol. The summed E-state index contributed by atoms with van der Waals surface area (Å²) in [5.74, 6) is 0.350. The Morgan fingerprint density at radius 1 is 1.32 bits per heavy atom. The van der Waals surface area contributed by atoms with E-state index < -0.39 is 34.8 Å². The summed E-state index contributed by atoms with van der Waals surface area (Å²) in [5, 5.41) is 14.1. The zero-order valence-corrected chi connectivity index (χ0v) is 15.1. The highest BCUT2D eigenvalue weighted by molar-refractivity contribution is 7.80. The Morgan fingerprint density at radius 3 is 2.44 bits per heavy atom. The van der Waals surface area contributed by atoms with Crippen LogP contribution in [0.2, 0.25) is 5.02 Å². The van der Waals surface area contributed by atoms with Gasteiger partial charge in [0.15, 0.2) is 0 Å². The molecule has 2 N–H and O–H groups in total. The van der Waals surface area contributed by atoms with Crippen LogP contribution in [0.5, 0.6) is 5.75 Å². The number of aliphatic hydroxyl groups excluding tert-OH is 1. The van der Waals surface area contributed by atoms with Crippen LogP contribution < -0.4 is 4.74 Å². The fourth-order valence-corrected chi connectivity index (χ4v) is 2.78. The van der Waals surface area contributed by atoms with Crippen molar-refractivity contribution in [2.75, 3.05) is 6.61 Å². The summed E-state index contributed by atoms with van der Waals surface area (Å²) in [7, 11) is -4.83. The molecule has 1 heterocycles. The van der Waals surface area contributed by atoms with Gasteiger partial charge in [0.25, 0.3) is 0 Å². The highest BCUT2D eigenvalue weighted by Gasteiger charge is 2.42. The van der Waals surface area contributed by atoms with Crippen molar-refractivity contribution in [2.45, 2.75) is 26.2 Å². The fourth-order valence-electron chi connectivity index (χ4n) is 2.04. The largest absolute Gasteiger partial charge is 0.466 e. The predicted molar refractivity (Wildman–Crippen MR) is 88.4 cm³/mol. The second kappa shape index (κ2) is 7.67. The van der Waals surface area contributed by atoms with Gasteiger partial charge in [0.1, 0.15) is 24.5 Å². The molecule has 138 valence electrons. The lowest BCUT2D eigenvalue weighted by atomic mass is 9.86. The van der Waals surface area contributed by atoms with E-state index in [0.29, 0.717) is 10.8 Å². The topological polar surface area (TPSA) is 124 Å². The van der Waals surface area contributed by atoms with E-state index in [9.17, 15) is 13.5 Å². The molecule has 2 atom stereocenters.